The van der Waals surface area contributed by atoms with Gasteiger partial charge in [-0.25, -0.2) is 9.78 Å². The molecule has 2 amide bonds. The molecule has 0 aliphatic rings. The first-order valence-corrected chi connectivity index (χ1v) is 6.97. The molecule has 2 aromatic carbocycles. The molecule has 6 heteroatoms. The fourth-order valence-corrected chi connectivity index (χ4v) is 1.91. The number of rotatable bonds is 4. The maximum Gasteiger partial charge on any atom is 0.324 e. The Morgan fingerprint density at radius 3 is 2.48 bits per heavy atom. The molecule has 114 valence electrons. The Morgan fingerprint density at radius 1 is 0.913 bits per heavy atom. The molecule has 1 aromatic heterocycles. The minimum absolute atomic E-state index is 0.367. The summed E-state index contributed by atoms with van der Waals surface area (Å²) in [6, 6.07) is 16.1. The minimum Gasteiger partial charge on any atom is -0.455 e. The van der Waals surface area contributed by atoms with Gasteiger partial charge in [0.15, 0.2) is 11.6 Å². The van der Waals surface area contributed by atoms with E-state index < -0.39 is 6.03 Å². The summed E-state index contributed by atoms with van der Waals surface area (Å²) in [6.45, 7) is 0. The fraction of sp³-hybridized carbons (Fsp3) is 0. The predicted octanol–water partition coefficient (Wildman–Crippen LogP) is 3.91. The molecular weight excluding hydrogens is 292 g/mol. The molecule has 0 radical (unpaired) electrons. The number of benzene rings is 2. The lowest BCUT2D eigenvalue weighted by Gasteiger charge is -2.12. The minimum atomic E-state index is -0.422. The van der Waals surface area contributed by atoms with Crippen molar-refractivity contribution < 1.29 is 9.53 Å². The second kappa shape index (κ2) is 7.04. The third kappa shape index (κ3) is 4.04. The van der Waals surface area contributed by atoms with Crippen molar-refractivity contribution in [1.82, 2.24) is 9.97 Å². The first-order valence-electron chi connectivity index (χ1n) is 6.97. The lowest BCUT2D eigenvalue weighted by Crippen LogP contribution is -2.20. The van der Waals surface area contributed by atoms with Gasteiger partial charge in [0.1, 0.15) is 5.75 Å². The van der Waals surface area contributed by atoms with Gasteiger partial charge in [0, 0.05) is 12.4 Å². The van der Waals surface area contributed by atoms with E-state index in [-0.39, 0.29) is 0 Å². The van der Waals surface area contributed by atoms with Crippen LogP contribution in [0.5, 0.6) is 11.5 Å². The van der Waals surface area contributed by atoms with Crippen LogP contribution in [-0.2, 0) is 0 Å². The van der Waals surface area contributed by atoms with E-state index in [4.69, 9.17) is 4.74 Å². The van der Waals surface area contributed by atoms with Gasteiger partial charge in [-0.05, 0) is 24.3 Å². The largest absolute Gasteiger partial charge is 0.455 e. The van der Waals surface area contributed by atoms with Crippen molar-refractivity contribution in [3.63, 3.8) is 0 Å². The van der Waals surface area contributed by atoms with Gasteiger partial charge < -0.3 is 10.1 Å². The van der Waals surface area contributed by atoms with Crippen LogP contribution in [0.1, 0.15) is 0 Å². The molecule has 0 aliphatic carbocycles. The number of urea groups is 1. The highest BCUT2D eigenvalue weighted by molar-refractivity contribution is 6.00. The molecule has 1 heterocycles. The predicted molar refractivity (Wildman–Crippen MR) is 87.6 cm³/mol. The van der Waals surface area contributed by atoms with Crippen LogP contribution in [0.2, 0.25) is 0 Å². The number of para-hydroxylation sites is 3. The van der Waals surface area contributed by atoms with E-state index in [1.54, 1.807) is 12.1 Å². The van der Waals surface area contributed by atoms with E-state index in [2.05, 4.69) is 20.6 Å². The summed E-state index contributed by atoms with van der Waals surface area (Å²) < 4.78 is 5.79. The summed E-state index contributed by atoms with van der Waals surface area (Å²) in [5.41, 5.74) is 0.553. The van der Waals surface area contributed by atoms with Crippen molar-refractivity contribution in [1.29, 1.82) is 0 Å². The van der Waals surface area contributed by atoms with Crippen LogP contribution in [-0.4, -0.2) is 16.0 Å². The number of nitrogens with zero attached hydrogens (tertiary/aromatic N) is 2. The van der Waals surface area contributed by atoms with Crippen molar-refractivity contribution in [2.75, 3.05) is 10.6 Å². The lowest BCUT2D eigenvalue weighted by molar-refractivity contribution is 0.262. The Kier molecular flexibility index (Phi) is 4.44. The average Bonchev–Trinajstić information content (AvgIpc) is 2.58. The van der Waals surface area contributed by atoms with Crippen LogP contribution in [0.25, 0.3) is 0 Å². The Balaban J connectivity index is 1.71. The maximum atomic E-state index is 12.0. The maximum absolute atomic E-state index is 12.0. The highest BCUT2D eigenvalue weighted by Crippen LogP contribution is 2.29. The number of nitrogens with one attached hydrogen (secondary N) is 2. The van der Waals surface area contributed by atoms with Crippen LogP contribution < -0.4 is 15.4 Å². The Labute approximate surface area is 133 Å². The molecule has 3 aromatic rings. The molecule has 6 nitrogen and oxygen atoms in total. The van der Waals surface area contributed by atoms with Gasteiger partial charge in [0.2, 0.25) is 0 Å². The normalized spacial score (nSPS) is 9.91. The summed E-state index contributed by atoms with van der Waals surface area (Å²) in [7, 11) is 0. The fourth-order valence-electron chi connectivity index (χ4n) is 1.91. The van der Waals surface area contributed by atoms with Gasteiger partial charge in [-0.2, -0.15) is 0 Å². The number of aromatic nitrogens is 2. The monoisotopic (exact) mass is 306 g/mol. The van der Waals surface area contributed by atoms with E-state index in [0.717, 1.165) is 0 Å². The van der Waals surface area contributed by atoms with Crippen molar-refractivity contribution in [2.24, 2.45) is 0 Å². The lowest BCUT2D eigenvalue weighted by atomic mass is 10.3. The third-order valence-corrected chi connectivity index (χ3v) is 2.91. The summed E-state index contributed by atoms with van der Waals surface area (Å²) in [5.74, 6) is 1.61. The molecule has 2 N–H and O–H groups in total. The van der Waals surface area contributed by atoms with Gasteiger partial charge >= 0.3 is 6.03 Å². The summed E-state index contributed by atoms with van der Waals surface area (Å²) in [4.78, 5) is 19.9. The molecule has 0 atom stereocenters. The zero-order valence-corrected chi connectivity index (χ0v) is 12.1. The quantitative estimate of drug-likeness (QED) is 0.766. The van der Waals surface area contributed by atoms with Gasteiger partial charge in [-0.3, -0.25) is 10.3 Å². The molecule has 0 unspecified atom stereocenters. The standard InChI is InChI=1S/C17H14N4O2/c22-17(21-16-12-18-10-11-19-16)20-14-8-4-5-9-15(14)23-13-6-2-1-3-7-13/h1-12H,(H2,19,20,21,22). The van der Waals surface area contributed by atoms with Crippen LogP contribution >= 0.6 is 0 Å². The van der Waals surface area contributed by atoms with E-state index in [0.29, 0.717) is 23.0 Å². The number of carbonyl (C=O) groups is 1. The first kappa shape index (κ1) is 14.5. The number of anilines is 2. The first-order chi connectivity index (χ1) is 11.3. The van der Waals surface area contributed by atoms with Crippen molar-refractivity contribution in [3.8, 4) is 11.5 Å². The Bertz CT molecular complexity index is 779. The number of hydrogen-bond donors (Lipinski definition) is 2. The number of hydrogen-bond acceptors (Lipinski definition) is 4. The van der Waals surface area contributed by atoms with Gasteiger partial charge in [-0.15, -0.1) is 0 Å². The Hall–Kier alpha value is -3.41. The number of carbonyl (C=O) groups excluding carboxylic acids is 1. The third-order valence-electron chi connectivity index (χ3n) is 2.91. The zero-order chi connectivity index (χ0) is 15.9. The molecule has 0 spiro atoms. The summed E-state index contributed by atoms with van der Waals surface area (Å²) in [6.07, 6.45) is 4.50. The number of ether oxygens (including phenoxy) is 1. The van der Waals surface area contributed by atoms with Crippen LogP contribution in [0, 0.1) is 0 Å². The molecule has 0 bridgehead atoms. The van der Waals surface area contributed by atoms with Gasteiger partial charge in [-0.1, -0.05) is 30.3 Å². The number of amides is 2. The van der Waals surface area contributed by atoms with Crippen molar-refractivity contribution in [2.45, 2.75) is 0 Å². The van der Waals surface area contributed by atoms with Crippen LogP contribution in [0.4, 0.5) is 16.3 Å². The smallest absolute Gasteiger partial charge is 0.324 e. The van der Waals surface area contributed by atoms with Crippen LogP contribution in [0.3, 0.4) is 0 Å². The van der Waals surface area contributed by atoms with Crippen molar-refractivity contribution in [3.05, 3.63) is 73.2 Å². The molecule has 0 aliphatic heterocycles. The molecule has 3 rings (SSSR count). The topological polar surface area (TPSA) is 76.1 Å². The summed E-state index contributed by atoms with van der Waals surface area (Å²) in [5, 5.41) is 5.34. The average molecular weight is 306 g/mol. The zero-order valence-electron chi connectivity index (χ0n) is 12.1. The second-order valence-corrected chi connectivity index (χ2v) is 4.58. The highest BCUT2D eigenvalue weighted by atomic mass is 16.5. The van der Waals surface area contributed by atoms with E-state index >= 15 is 0 Å². The van der Waals surface area contributed by atoms with Gasteiger partial charge in [0.05, 0.1) is 11.9 Å². The van der Waals surface area contributed by atoms with Crippen LogP contribution in [0.15, 0.2) is 73.2 Å². The molecule has 0 saturated carbocycles. The summed E-state index contributed by atoms with van der Waals surface area (Å²) >= 11 is 0. The van der Waals surface area contributed by atoms with E-state index in [1.165, 1.54) is 18.6 Å². The van der Waals surface area contributed by atoms with Gasteiger partial charge in [0.25, 0.3) is 0 Å². The van der Waals surface area contributed by atoms with Crippen molar-refractivity contribution >= 4 is 17.5 Å². The second-order valence-electron chi connectivity index (χ2n) is 4.58. The highest BCUT2D eigenvalue weighted by Gasteiger charge is 2.09. The molecule has 23 heavy (non-hydrogen) atoms. The molecule has 0 saturated heterocycles. The van der Waals surface area contributed by atoms with E-state index in [1.807, 2.05) is 42.5 Å². The molecular formula is C17H14N4O2. The molecule has 0 fully saturated rings. The van der Waals surface area contributed by atoms with E-state index in [9.17, 15) is 4.79 Å². The Morgan fingerprint density at radius 2 is 1.70 bits per heavy atom. The SMILES string of the molecule is O=C(Nc1cnccn1)Nc1ccccc1Oc1ccccc1.